The van der Waals surface area contributed by atoms with Crippen LogP contribution in [0.1, 0.15) is 5.56 Å². The third-order valence-corrected chi connectivity index (χ3v) is 4.17. The lowest BCUT2D eigenvalue weighted by Gasteiger charge is -2.12. The topological polar surface area (TPSA) is 53.6 Å². The molecule has 1 aromatic rings. The Kier molecular flexibility index (Phi) is 6.35. The van der Waals surface area contributed by atoms with Gasteiger partial charge in [0.05, 0.1) is 6.04 Å². The molecule has 1 aliphatic heterocycles. The number of ether oxygens (including phenoxy) is 1. The lowest BCUT2D eigenvalue weighted by molar-refractivity contribution is -0.122. The molecule has 0 bridgehead atoms. The molecule has 1 fully saturated rings. The number of carbonyl (C=O) groups is 1. The van der Waals surface area contributed by atoms with Gasteiger partial charge in [-0.25, -0.2) is 0 Å². The van der Waals surface area contributed by atoms with Crippen molar-refractivity contribution in [3.8, 4) is 5.75 Å². The zero-order valence-electron chi connectivity index (χ0n) is 12.6. The smallest absolute Gasteiger partial charge is 0.238 e. The van der Waals surface area contributed by atoms with Crippen LogP contribution in [0.25, 0.3) is 0 Å². The van der Waals surface area contributed by atoms with Gasteiger partial charge in [0.2, 0.25) is 5.91 Å². The van der Waals surface area contributed by atoms with Crippen molar-refractivity contribution in [2.75, 3.05) is 38.9 Å². The highest BCUT2D eigenvalue weighted by molar-refractivity contribution is 7.99. The zero-order valence-corrected chi connectivity index (χ0v) is 13.4. The lowest BCUT2D eigenvalue weighted by atomic mass is 10.2. The molecule has 1 saturated heterocycles. The summed E-state index contributed by atoms with van der Waals surface area (Å²) in [5, 5.41) is 6.12. The molecular formula is C15H23N3O2S. The van der Waals surface area contributed by atoms with Crippen LogP contribution in [0.15, 0.2) is 24.3 Å². The van der Waals surface area contributed by atoms with Crippen LogP contribution in [0.3, 0.4) is 0 Å². The fourth-order valence-electron chi connectivity index (χ4n) is 1.93. The Morgan fingerprint density at radius 2 is 2.19 bits per heavy atom. The van der Waals surface area contributed by atoms with Crippen LogP contribution in [0.2, 0.25) is 0 Å². The number of hydrogen-bond acceptors (Lipinski definition) is 5. The van der Waals surface area contributed by atoms with Gasteiger partial charge < -0.3 is 15.0 Å². The summed E-state index contributed by atoms with van der Waals surface area (Å²) in [6.45, 7) is 2.12. The van der Waals surface area contributed by atoms with E-state index in [0.29, 0.717) is 13.2 Å². The predicted molar refractivity (Wildman–Crippen MR) is 86.6 cm³/mol. The molecule has 0 saturated carbocycles. The molecule has 2 N–H and O–H groups in total. The van der Waals surface area contributed by atoms with E-state index in [1.165, 1.54) is 0 Å². The quantitative estimate of drug-likeness (QED) is 0.784. The summed E-state index contributed by atoms with van der Waals surface area (Å²) in [4.78, 5) is 14.0. The van der Waals surface area contributed by atoms with Crippen molar-refractivity contribution < 1.29 is 9.53 Å². The van der Waals surface area contributed by atoms with Gasteiger partial charge in [0.15, 0.2) is 0 Å². The normalized spacial score (nSPS) is 18.0. The molecule has 1 heterocycles. The Labute approximate surface area is 130 Å². The maximum atomic E-state index is 11.9. The van der Waals surface area contributed by atoms with E-state index in [4.69, 9.17) is 4.74 Å². The van der Waals surface area contributed by atoms with Gasteiger partial charge in [0, 0.05) is 24.7 Å². The van der Waals surface area contributed by atoms with Crippen molar-refractivity contribution in [3.63, 3.8) is 0 Å². The van der Waals surface area contributed by atoms with Crippen molar-refractivity contribution in [1.29, 1.82) is 0 Å². The minimum Gasteiger partial charge on any atom is -0.492 e. The van der Waals surface area contributed by atoms with E-state index in [2.05, 4.69) is 15.5 Å². The van der Waals surface area contributed by atoms with Gasteiger partial charge in [-0.2, -0.15) is 0 Å². The lowest BCUT2D eigenvalue weighted by Crippen LogP contribution is -2.41. The van der Waals surface area contributed by atoms with E-state index < -0.39 is 0 Å². The van der Waals surface area contributed by atoms with Gasteiger partial charge in [0.25, 0.3) is 0 Å². The van der Waals surface area contributed by atoms with Gasteiger partial charge in [0.1, 0.15) is 12.4 Å². The Morgan fingerprint density at radius 1 is 1.43 bits per heavy atom. The Morgan fingerprint density at radius 3 is 2.81 bits per heavy atom. The molecule has 6 heteroatoms. The molecule has 21 heavy (non-hydrogen) atoms. The number of amides is 1. The molecule has 1 aromatic carbocycles. The fraction of sp³-hybridized carbons (Fsp3) is 0.533. The average molecular weight is 309 g/mol. The summed E-state index contributed by atoms with van der Waals surface area (Å²) >= 11 is 1.75. The van der Waals surface area contributed by atoms with E-state index in [0.717, 1.165) is 29.5 Å². The van der Waals surface area contributed by atoms with E-state index in [9.17, 15) is 4.79 Å². The van der Waals surface area contributed by atoms with Crippen LogP contribution in [0.4, 0.5) is 0 Å². The number of thioether (sulfide) groups is 1. The van der Waals surface area contributed by atoms with Crippen molar-refractivity contribution in [1.82, 2.24) is 15.5 Å². The summed E-state index contributed by atoms with van der Waals surface area (Å²) in [5.41, 5.74) is 1.08. The first-order valence-electron chi connectivity index (χ1n) is 7.10. The van der Waals surface area contributed by atoms with Crippen LogP contribution < -0.4 is 15.4 Å². The largest absolute Gasteiger partial charge is 0.492 e. The number of carbonyl (C=O) groups excluding carboxylic acids is 1. The highest BCUT2D eigenvalue weighted by Gasteiger charge is 2.21. The summed E-state index contributed by atoms with van der Waals surface area (Å²) in [6, 6.07) is 7.81. The van der Waals surface area contributed by atoms with E-state index in [1.54, 1.807) is 11.8 Å². The van der Waals surface area contributed by atoms with E-state index >= 15 is 0 Å². The van der Waals surface area contributed by atoms with E-state index in [-0.39, 0.29) is 11.9 Å². The molecule has 0 radical (unpaired) electrons. The highest BCUT2D eigenvalue weighted by atomic mass is 32.2. The molecule has 1 atom stereocenters. The van der Waals surface area contributed by atoms with Crippen molar-refractivity contribution in [3.05, 3.63) is 29.8 Å². The van der Waals surface area contributed by atoms with Crippen LogP contribution in [-0.4, -0.2) is 55.7 Å². The minimum atomic E-state index is -0.0522. The monoisotopic (exact) mass is 309 g/mol. The molecule has 0 aliphatic carbocycles. The molecule has 1 amide bonds. The fourth-order valence-corrected chi connectivity index (χ4v) is 2.87. The van der Waals surface area contributed by atoms with Crippen LogP contribution >= 0.6 is 11.8 Å². The Balaban J connectivity index is 1.72. The first-order valence-corrected chi connectivity index (χ1v) is 8.26. The van der Waals surface area contributed by atoms with Crippen molar-refractivity contribution >= 4 is 17.7 Å². The average Bonchev–Trinajstić information content (AvgIpc) is 3.00. The molecule has 1 aliphatic rings. The zero-order chi connectivity index (χ0) is 15.1. The molecule has 0 spiro atoms. The standard InChI is InChI=1S/C15H23N3O2S/c1-18(2)7-8-20-13-5-3-12(4-6-13)9-16-15(19)14-10-21-11-17-14/h3-6,14,17H,7-11H2,1-2H3,(H,16,19). The first-order chi connectivity index (χ1) is 10.1. The van der Waals surface area contributed by atoms with Crippen molar-refractivity contribution in [2.45, 2.75) is 12.6 Å². The van der Waals surface area contributed by atoms with Gasteiger partial charge >= 0.3 is 0 Å². The molecule has 116 valence electrons. The molecule has 5 nitrogen and oxygen atoms in total. The summed E-state index contributed by atoms with van der Waals surface area (Å²) in [5.74, 6) is 2.65. The van der Waals surface area contributed by atoms with Crippen LogP contribution in [0.5, 0.6) is 5.75 Å². The number of rotatable bonds is 7. The third-order valence-electron chi connectivity index (χ3n) is 3.23. The molecule has 1 unspecified atom stereocenters. The van der Waals surface area contributed by atoms with Crippen molar-refractivity contribution in [2.24, 2.45) is 0 Å². The number of hydrogen-bond donors (Lipinski definition) is 2. The predicted octanol–water partition coefficient (Wildman–Crippen LogP) is 0.906. The maximum absolute atomic E-state index is 11.9. The Hall–Kier alpha value is -1.24. The third kappa shape index (κ3) is 5.57. The SMILES string of the molecule is CN(C)CCOc1ccc(CNC(=O)C2CSCN2)cc1. The second kappa shape index (κ2) is 8.26. The Bertz CT molecular complexity index is 445. The first kappa shape index (κ1) is 16.1. The van der Waals surface area contributed by atoms with Crippen LogP contribution in [0, 0.1) is 0 Å². The molecule has 0 aromatic heterocycles. The summed E-state index contributed by atoms with van der Waals surface area (Å²) in [6.07, 6.45) is 0. The van der Waals surface area contributed by atoms with Gasteiger partial charge in [-0.15, -0.1) is 11.8 Å². The molecule has 2 rings (SSSR count). The molecular weight excluding hydrogens is 286 g/mol. The number of nitrogens with zero attached hydrogens (tertiary/aromatic N) is 1. The maximum Gasteiger partial charge on any atom is 0.238 e. The summed E-state index contributed by atoms with van der Waals surface area (Å²) < 4.78 is 5.64. The number of benzene rings is 1. The van der Waals surface area contributed by atoms with E-state index in [1.807, 2.05) is 38.4 Å². The van der Waals surface area contributed by atoms with Crippen LogP contribution in [-0.2, 0) is 11.3 Å². The number of likely N-dealkylation sites (N-methyl/N-ethyl adjacent to an activating group) is 1. The second-order valence-corrected chi connectivity index (χ2v) is 6.32. The van der Waals surface area contributed by atoms with Gasteiger partial charge in [-0.05, 0) is 31.8 Å². The highest BCUT2D eigenvalue weighted by Crippen LogP contribution is 2.13. The summed E-state index contributed by atoms with van der Waals surface area (Å²) in [7, 11) is 4.04. The number of nitrogens with one attached hydrogen (secondary N) is 2. The van der Waals surface area contributed by atoms with Gasteiger partial charge in [-0.1, -0.05) is 12.1 Å². The minimum absolute atomic E-state index is 0.0522. The second-order valence-electron chi connectivity index (χ2n) is 5.29. The van der Waals surface area contributed by atoms with Gasteiger partial charge in [-0.3, -0.25) is 10.1 Å².